The Morgan fingerprint density at radius 3 is 2.56 bits per heavy atom. The van der Waals surface area contributed by atoms with Gasteiger partial charge < -0.3 is 14.2 Å². The third-order valence-corrected chi connectivity index (χ3v) is 6.56. The molecule has 2 aromatic rings. The molecule has 9 nitrogen and oxygen atoms in total. The molecule has 1 aliphatic rings. The van der Waals surface area contributed by atoms with Gasteiger partial charge in [0.1, 0.15) is 12.2 Å². The molecule has 10 heteroatoms. The highest BCUT2D eigenvalue weighted by molar-refractivity contribution is 6.76. The number of rotatable bonds is 5. The topological polar surface area (TPSA) is 103 Å². The number of amides is 2. The second-order valence-corrected chi connectivity index (χ2v) is 16.0. The smallest absolute Gasteiger partial charge is 0.416 e. The largest absolute Gasteiger partial charge is 0.486 e. The number of fused-ring (bicyclic) bond motifs is 1. The van der Waals surface area contributed by atoms with Crippen molar-refractivity contribution in [2.45, 2.75) is 59.0 Å². The number of hydrogen-bond donors (Lipinski definition) is 1. The first-order chi connectivity index (χ1) is 15.8. The lowest BCUT2D eigenvalue weighted by atomic mass is 10.2. The molecule has 0 saturated carbocycles. The van der Waals surface area contributed by atoms with E-state index in [-0.39, 0.29) is 24.7 Å². The van der Waals surface area contributed by atoms with Crippen molar-refractivity contribution < 1.29 is 23.8 Å². The molecule has 0 unspecified atom stereocenters. The van der Waals surface area contributed by atoms with Gasteiger partial charge in [0.05, 0.1) is 30.2 Å². The van der Waals surface area contributed by atoms with Crippen LogP contribution in [0.15, 0.2) is 24.3 Å². The molecule has 2 aromatic heterocycles. The molecule has 0 fully saturated rings. The third kappa shape index (κ3) is 6.93. The average Bonchev–Trinajstić information content (AvgIpc) is 2.71. The Bertz CT molecular complexity index is 1060. The Balaban J connectivity index is 1.98. The summed E-state index contributed by atoms with van der Waals surface area (Å²) in [5, 5.41) is 2.77. The van der Waals surface area contributed by atoms with Crippen molar-refractivity contribution in [1.29, 1.82) is 0 Å². The van der Waals surface area contributed by atoms with Crippen LogP contribution in [0.2, 0.25) is 25.7 Å². The number of carbonyl (C=O) groups excluding carboxylic acids is 2. The molecule has 3 heterocycles. The van der Waals surface area contributed by atoms with Crippen molar-refractivity contribution in [3.63, 3.8) is 0 Å². The average molecular weight is 487 g/mol. The molecule has 2 amide bonds. The summed E-state index contributed by atoms with van der Waals surface area (Å²) in [6.45, 7) is 14.8. The van der Waals surface area contributed by atoms with Crippen LogP contribution in [0.1, 0.15) is 26.5 Å². The predicted molar refractivity (Wildman–Crippen MR) is 134 cm³/mol. The molecule has 0 spiro atoms. The number of nitrogens with one attached hydrogen (secondary N) is 1. The van der Waals surface area contributed by atoms with Gasteiger partial charge in [0.25, 0.3) is 0 Å². The summed E-state index contributed by atoms with van der Waals surface area (Å²) < 4.78 is 16.8. The quantitative estimate of drug-likeness (QED) is 0.559. The minimum Gasteiger partial charge on any atom is -0.486 e. The minimum atomic E-state index is -1.35. The van der Waals surface area contributed by atoms with E-state index < -0.39 is 25.9 Å². The molecule has 3 rings (SSSR count). The summed E-state index contributed by atoms with van der Waals surface area (Å²) >= 11 is 0. The molecular formula is C24H34N4O5Si. The number of hydrogen-bond acceptors (Lipinski definition) is 7. The fourth-order valence-electron chi connectivity index (χ4n) is 3.19. The summed E-state index contributed by atoms with van der Waals surface area (Å²) in [5.41, 5.74) is 1.59. The fraction of sp³-hybridized carbons (Fsp3) is 0.500. The molecule has 0 atom stereocenters. The Kier molecular flexibility index (Phi) is 7.50. The monoisotopic (exact) mass is 486 g/mol. The van der Waals surface area contributed by atoms with Crippen LogP contribution in [0, 0.1) is 6.92 Å². The lowest BCUT2D eigenvalue weighted by molar-refractivity contribution is 0.0566. The van der Waals surface area contributed by atoms with Crippen LogP contribution in [-0.4, -0.2) is 55.6 Å². The van der Waals surface area contributed by atoms with Crippen LogP contribution in [0.5, 0.6) is 5.75 Å². The number of carbonyl (C=O) groups is 2. The lowest BCUT2D eigenvalue weighted by Gasteiger charge is -2.31. The maximum Gasteiger partial charge on any atom is 0.416 e. The van der Waals surface area contributed by atoms with Gasteiger partial charge in [0.15, 0.2) is 11.6 Å². The molecule has 1 aliphatic heterocycles. The SMILES string of the molecule is Cc1cccc(-c2cc(NC(=O)OCC[Si](C)(C)C)c3c(n2)N(C(=O)OC(C)(C)C)CCO3)n1. The number of ether oxygens (including phenoxy) is 3. The summed E-state index contributed by atoms with van der Waals surface area (Å²) in [7, 11) is -1.35. The normalized spacial score (nSPS) is 13.6. The molecule has 0 aromatic carbocycles. The number of aryl methyl sites for hydroxylation is 1. The molecule has 1 N–H and O–H groups in total. The highest BCUT2D eigenvalue weighted by Crippen LogP contribution is 2.40. The molecule has 184 valence electrons. The lowest BCUT2D eigenvalue weighted by Crippen LogP contribution is -2.42. The van der Waals surface area contributed by atoms with Crippen LogP contribution in [-0.2, 0) is 9.47 Å². The van der Waals surface area contributed by atoms with Gasteiger partial charge in [-0.1, -0.05) is 25.7 Å². The first kappa shape index (κ1) is 25.5. The highest BCUT2D eigenvalue weighted by atomic mass is 28.3. The van der Waals surface area contributed by atoms with Crippen LogP contribution in [0.25, 0.3) is 11.4 Å². The van der Waals surface area contributed by atoms with Crippen molar-refractivity contribution in [2.75, 3.05) is 30.0 Å². The fourth-order valence-corrected chi connectivity index (χ4v) is 3.90. The van der Waals surface area contributed by atoms with Gasteiger partial charge in [-0.15, -0.1) is 0 Å². The van der Waals surface area contributed by atoms with Crippen molar-refractivity contribution in [1.82, 2.24) is 9.97 Å². The van der Waals surface area contributed by atoms with E-state index in [1.807, 2.05) is 25.1 Å². The minimum absolute atomic E-state index is 0.231. The van der Waals surface area contributed by atoms with Gasteiger partial charge >= 0.3 is 12.2 Å². The van der Waals surface area contributed by atoms with Crippen molar-refractivity contribution in [3.8, 4) is 17.1 Å². The van der Waals surface area contributed by atoms with E-state index in [0.717, 1.165) is 11.7 Å². The van der Waals surface area contributed by atoms with Crippen molar-refractivity contribution >= 4 is 31.8 Å². The summed E-state index contributed by atoms with van der Waals surface area (Å²) in [6, 6.07) is 8.11. The van der Waals surface area contributed by atoms with E-state index in [2.05, 4.69) is 34.9 Å². The Labute approximate surface area is 201 Å². The zero-order valence-corrected chi connectivity index (χ0v) is 22.0. The van der Waals surface area contributed by atoms with Gasteiger partial charge in [0.2, 0.25) is 0 Å². The second-order valence-electron chi connectivity index (χ2n) is 10.4. The van der Waals surface area contributed by atoms with Crippen LogP contribution in [0.4, 0.5) is 21.1 Å². The van der Waals surface area contributed by atoms with Crippen LogP contribution >= 0.6 is 0 Å². The standard InChI is InChI=1S/C24H34N4O5Si/c1-16-9-8-10-17(25-16)18-15-19(27-22(29)32-13-14-34(5,6)7)20-21(26-18)28(11-12-31-20)23(30)33-24(2,3)4/h8-10,15H,11-14H2,1-7H3,(H,26,27,29). The van der Waals surface area contributed by atoms with Crippen LogP contribution < -0.4 is 15.0 Å². The van der Waals surface area contributed by atoms with Crippen molar-refractivity contribution in [2.24, 2.45) is 0 Å². The molecule has 0 aliphatic carbocycles. The maximum absolute atomic E-state index is 12.9. The summed E-state index contributed by atoms with van der Waals surface area (Å²) in [6.07, 6.45) is -1.13. The van der Waals surface area contributed by atoms with E-state index >= 15 is 0 Å². The van der Waals surface area contributed by atoms with Gasteiger partial charge in [-0.3, -0.25) is 15.2 Å². The van der Waals surface area contributed by atoms with Gasteiger partial charge in [-0.2, -0.15) is 0 Å². The van der Waals surface area contributed by atoms with E-state index in [4.69, 9.17) is 14.2 Å². The van der Waals surface area contributed by atoms with Gasteiger partial charge in [0, 0.05) is 13.8 Å². The number of pyridine rings is 2. The van der Waals surface area contributed by atoms with E-state index in [1.165, 1.54) is 4.90 Å². The molecule has 0 radical (unpaired) electrons. The summed E-state index contributed by atoms with van der Waals surface area (Å²) in [4.78, 5) is 36.1. The second kappa shape index (κ2) is 10.0. The van der Waals surface area contributed by atoms with Gasteiger partial charge in [-0.05, 0) is 51.9 Å². The van der Waals surface area contributed by atoms with E-state index in [9.17, 15) is 9.59 Å². The zero-order chi connectivity index (χ0) is 25.1. The van der Waals surface area contributed by atoms with E-state index in [0.29, 0.717) is 23.7 Å². The maximum atomic E-state index is 12.9. The Morgan fingerprint density at radius 2 is 1.91 bits per heavy atom. The predicted octanol–water partition coefficient (Wildman–Crippen LogP) is 5.47. The number of aromatic nitrogens is 2. The Hall–Kier alpha value is -3.14. The zero-order valence-electron chi connectivity index (χ0n) is 21.0. The first-order valence-electron chi connectivity index (χ1n) is 11.4. The Morgan fingerprint density at radius 1 is 1.18 bits per heavy atom. The highest BCUT2D eigenvalue weighted by Gasteiger charge is 2.32. The molecule has 34 heavy (non-hydrogen) atoms. The van der Waals surface area contributed by atoms with Crippen LogP contribution in [0.3, 0.4) is 0 Å². The molecule has 0 saturated heterocycles. The van der Waals surface area contributed by atoms with E-state index in [1.54, 1.807) is 26.8 Å². The molecular weight excluding hydrogens is 452 g/mol. The number of anilines is 2. The summed E-state index contributed by atoms with van der Waals surface area (Å²) in [5.74, 6) is 0.550. The third-order valence-electron chi connectivity index (χ3n) is 4.86. The number of nitrogens with zero attached hydrogens (tertiary/aromatic N) is 3. The molecule has 0 bridgehead atoms. The van der Waals surface area contributed by atoms with Crippen molar-refractivity contribution in [3.05, 3.63) is 30.0 Å². The van der Waals surface area contributed by atoms with Gasteiger partial charge in [-0.25, -0.2) is 14.6 Å². The first-order valence-corrected chi connectivity index (χ1v) is 15.1.